The van der Waals surface area contributed by atoms with E-state index >= 15 is 0 Å². The fourth-order valence-corrected chi connectivity index (χ4v) is 1.43. The molecule has 0 saturated heterocycles. The number of hydrogen-bond donors (Lipinski definition) is 0. The highest BCUT2D eigenvalue weighted by molar-refractivity contribution is 5.84. The third kappa shape index (κ3) is 1.96. The summed E-state index contributed by atoms with van der Waals surface area (Å²) < 4.78 is 5.36. The first kappa shape index (κ1) is 9.65. The van der Waals surface area contributed by atoms with Crippen LogP contribution in [0, 0.1) is 0 Å². The molecule has 1 aromatic heterocycles. The number of aromatic nitrogens is 1. The van der Waals surface area contributed by atoms with Crippen molar-refractivity contribution in [2.75, 3.05) is 6.61 Å². The molecule has 0 atom stereocenters. The van der Waals surface area contributed by atoms with Crippen LogP contribution in [0.4, 0.5) is 0 Å². The zero-order chi connectivity index (χ0) is 10.7. The molecule has 0 aliphatic rings. The number of ether oxygens (including phenoxy) is 1. The van der Waals surface area contributed by atoms with Crippen LogP contribution in [0.1, 0.15) is 17.4 Å². The largest absolute Gasteiger partial charge is 0.494 e. The van der Waals surface area contributed by atoms with E-state index in [2.05, 4.69) is 4.98 Å². The van der Waals surface area contributed by atoms with Crippen LogP contribution in [0.15, 0.2) is 30.3 Å². The van der Waals surface area contributed by atoms with E-state index in [-0.39, 0.29) is 0 Å². The Labute approximate surface area is 87.7 Å². The third-order valence-corrected chi connectivity index (χ3v) is 2.12. The minimum Gasteiger partial charge on any atom is -0.494 e. The molecule has 0 aliphatic heterocycles. The summed E-state index contributed by atoms with van der Waals surface area (Å²) in [5.74, 6) is 0.778. The smallest absolute Gasteiger partial charge is 0.168 e. The molecule has 3 heteroatoms. The van der Waals surface area contributed by atoms with Gasteiger partial charge in [-0.2, -0.15) is 0 Å². The molecule has 15 heavy (non-hydrogen) atoms. The molecule has 0 saturated carbocycles. The van der Waals surface area contributed by atoms with Crippen molar-refractivity contribution in [1.82, 2.24) is 4.98 Å². The predicted octanol–water partition coefficient (Wildman–Crippen LogP) is 2.45. The summed E-state index contributed by atoms with van der Waals surface area (Å²) in [4.78, 5) is 14.8. The molecule has 0 fully saturated rings. The van der Waals surface area contributed by atoms with Crippen molar-refractivity contribution < 1.29 is 9.53 Å². The fraction of sp³-hybridized carbons (Fsp3) is 0.167. The van der Waals surface area contributed by atoms with Gasteiger partial charge in [-0.1, -0.05) is 6.07 Å². The van der Waals surface area contributed by atoms with Gasteiger partial charge in [-0.3, -0.25) is 4.79 Å². The van der Waals surface area contributed by atoms with Gasteiger partial charge in [0, 0.05) is 11.5 Å². The number of benzene rings is 1. The van der Waals surface area contributed by atoms with E-state index in [4.69, 9.17) is 4.74 Å². The van der Waals surface area contributed by atoms with Gasteiger partial charge in [0.25, 0.3) is 0 Å². The number of nitrogens with zero attached hydrogens (tertiary/aromatic N) is 1. The number of hydrogen-bond acceptors (Lipinski definition) is 3. The van der Waals surface area contributed by atoms with Gasteiger partial charge >= 0.3 is 0 Å². The van der Waals surface area contributed by atoms with Crippen molar-refractivity contribution in [3.63, 3.8) is 0 Å². The molecule has 2 aromatic rings. The Kier molecular flexibility index (Phi) is 2.63. The normalized spacial score (nSPS) is 10.2. The van der Waals surface area contributed by atoms with E-state index in [0.29, 0.717) is 12.3 Å². The average molecular weight is 201 g/mol. The molecule has 1 heterocycles. The van der Waals surface area contributed by atoms with Crippen molar-refractivity contribution in [2.45, 2.75) is 6.92 Å². The topological polar surface area (TPSA) is 39.2 Å². The molecule has 0 bridgehead atoms. The molecule has 0 amide bonds. The van der Waals surface area contributed by atoms with Gasteiger partial charge in [0.05, 0.1) is 12.1 Å². The Balaban J connectivity index is 2.52. The van der Waals surface area contributed by atoms with E-state index in [1.165, 1.54) is 0 Å². The van der Waals surface area contributed by atoms with E-state index in [0.717, 1.165) is 22.9 Å². The van der Waals surface area contributed by atoms with Crippen molar-refractivity contribution in [1.29, 1.82) is 0 Å². The minimum atomic E-state index is 0.441. The summed E-state index contributed by atoms with van der Waals surface area (Å²) in [6, 6.07) is 9.25. The number of fused-ring (bicyclic) bond motifs is 1. The molecule has 0 spiro atoms. The predicted molar refractivity (Wildman–Crippen MR) is 58.3 cm³/mol. The molecular weight excluding hydrogens is 190 g/mol. The first-order valence-corrected chi connectivity index (χ1v) is 4.82. The van der Waals surface area contributed by atoms with Crippen LogP contribution in [0.3, 0.4) is 0 Å². The van der Waals surface area contributed by atoms with Crippen molar-refractivity contribution >= 4 is 17.2 Å². The summed E-state index contributed by atoms with van der Waals surface area (Å²) in [6.45, 7) is 2.55. The van der Waals surface area contributed by atoms with E-state index in [1.807, 2.05) is 31.2 Å². The molecular formula is C12H11NO2. The Morgan fingerprint density at radius 3 is 2.87 bits per heavy atom. The summed E-state index contributed by atoms with van der Waals surface area (Å²) in [5.41, 5.74) is 1.22. The summed E-state index contributed by atoms with van der Waals surface area (Å²) in [7, 11) is 0. The highest BCUT2D eigenvalue weighted by atomic mass is 16.5. The average Bonchev–Trinajstić information content (AvgIpc) is 2.28. The Bertz CT molecular complexity index is 494. The van der Waals surface area contributed by atoms with Crippen LogP contribution in [-0.2, 0) is 0 Å². The van der Waals surface area contributed by atoms with Crippen LogP contribution in [0.25, 0.3) is 10.9 Å². The van der Waals surface area contributed by atoms with Crippen LogP contribution in [0.5, 0.6) is 5.75 Å². The third-order valence-electron chi connectivity index (χ3n) is 2.12. The van der Waals surface area contributed by atoms with Gasteiger partial charge in [-0.25, -0.2) is 4.98 Å². The molecule has 0 aliphatic carbocycles. The van der Waals surface area contributed by atoms with E-state index in [1.54, 1.807) is 6.07 Å². The number of carbonyl (C=O) groups is 1. The van der Waals surface area contributed by atoms with E-state index < -0.39 is 0 Å². The van der Waals surface area contributed by atoms with Crippen LogP contribution < -0.4 is 4.74 Å². The van der Waals surface area contributed by atoms with Crippen molar-refractivity contribution in [3.05, 3.63) is 36.0 Å². The lowest BCUT2D eigenvalue weighted by Crippen LogP contribution is -1.92. The number of aldehydes is 1. The number of carbonyl (C=O) groups excluding carboxylic acids is 1. The van der Waals surface area contributed by atoms with Gasteiger partial charge in [-0.15, -0.1) is 0 Å². The maximum Gasteiger partial charge on any atom is 0.168 e. The SMILES string of the molecule is CCOc1ccc2ccc(C=O)nc2c1. The van der Waals surface area contributed by atoms with Crippen LogP contribution >= 0.6 is 0 Å². The Morgan fingerprint density at radius 2 is 2.13 bits per heavy atom. The highest BCUT2D eigenvalue weighted by Crippen LogP contribution is 2.19. The van der Waals surface area contributed by atoms with E-state index in [9.17, 15) is 4.79 Å². The second-order valence-corrected chi connectivity index (χ2v) is 3.14. The maximum absolute atomic E-state index is 10.6. The highest BCUT2D eigenvalue weighted by Gasteiger charge is 1.99. The Hall–Kier alpha value is -1.90. The zero-order valence-electron chi connectivity index (χ0n) is 8.43. The lowest BCUT2D eigenvalue weighted by atomic mass is 10.2. The van der Waals surface area contributed by atoms with Crippen molar-refractivity contribution in [3.8, 4) is 5.75 Å². The van der Waals surface area contributed by atoms with Gasteiger partial charge in [0.2, 0.25) is 0 Å². The van der Waals surface area contributed by atoms with Gasteiger partial charge < -0.3 is 4.74 Å². The second kappa shape index (κ2) is 4.09. The summed E-state index contributed by atoms with van der Waals surface area (Å²) in [6.07, 6.45) is 0.743. The first-order valence-electron chi connectivity index (χ1n) is 4.82. The number of pyridine rings is 1. The molecule has 1 aromatic carbocycles. The molecule has 0 N–H and O–H groups in total. The van der Waals surface area contributed by atoms with Gasteiger partial charge in [0.1, 0.15) is 11.4 Å². The van der Waals surface area contributed by atoms with Crippen LogP contribution in [0.2, 0.25) is 0 Å². The molecule has 2 rings (SSSR count). The lowest BCUT2D eigenvalue weighted by Gasteiger charge is -2.04. The fourth-order valence-electron chi connectivity index (χ4n) is 1.43. The Morgan fingerprint density at radius 1 is 1.33 bits per heavy atom. The monoisotopic (exact) mass is 201 g/mol. The molecule has 3 nitrogen and oxygen atoms in total. The first-order chi connectivity index (χ1) is 7.33. The maximum atomic E-state index is 10.6. The lowest BCUT2D eigenvalue weighted by molar-refractivity contribution is 0.111. The van der Waals surface area contributed by atoms with Gasteiger partial charge in [-0.05, 0) is 25.1 Å². The molecule has 76 valence electrons. The quantitative estimate of drug-likeness (QED) is 0.716. The zero-order valence-corrected chi connectivity index (χ0v) is 8.43. The molecule has 0 radical (unpaired) electrons. The van der Waals surface area contributed by atoms with Crippen molar-refractivity contribution in [2.24, 2.45) is 0 Å². The minimum absolute atomic E-state index is 0.441. The second-order valence-electron chi connectivity index (χ2n) is 3.14. The standard InChI is InChI=1S/C12H11NO2/c1-2-15-11-6-4-9-3-5-10(8-14)13-12(9)7-11/h3-8H,2H2,1H3. The molecule has 0 unspecified atom stereocenters. The number of rotatable bonds is 3. The summed E-state index contributed by atoms with van der Waals surface area (Å²) in [5, 5.41) is 1.00. The van der Waals surface area contributed by atoms with Gasteiger partial charge in [0.15, 0.2) is 6.29 Å². The summed E-state index contributed by atoms with van der Waals surface area (Å²) >= 11 is 0. The van der Waals surface area contributed by atoms with Crippen LogP contribution in [-0.4, -0.2) is 17.9 Å².